The Balaban J connectivity index is 1.24. The Labute approximate surface area is 316 Å². The average Bonchev–Trinajstić information content (AvgIpc) is 3.19. The Bertz CT molecular complexity index is 1200. The molecular formula is C30H52O26. The van der Waals surface area contributed by atoms with Gasteiger partial charge in [-0.15, -0.1) is 0 Å². The van der Waals surface area contributed by atoms with E-state index in [0.717, 1.165) is 0 Å². The van der Waals surface area contributed by atoms with Crippen LogP contribution >= 0.6 is 0 Å². The van der Waals surface area contributed by atoms with Crippen LogP contribution in [0.1, 0.15) is 0 Å². The van der Waals surface area contributed by atoms with Crippen LogP contribution < -0.4 is 0 Å². The highest BCUT2D eigenvalue weighted by Crippen LogP contribution is 2.34. The lowest BCUT2D eigenvalue weighted by Gasteiger charge is -2.49. The standard InChI is InChI=1S/C30H52O26/c31-1-6-11(35)13(37)19(43)27(50-6)48-5-10-25(15(39)18(42)26(47)49-10)56-30-22(46)17(41)24(9(4-34)53-30)55-29-21(45)16(40)23(8(3-33)52-29)54-28-20(44)14(38)12(36)7(2-32)51-28/h6-47H,1-5H2/t6-,7-,8-,9-,10-,11-,12-,13+,14+,15-,16-,17-,18-,19-,20-,21-,22-,23-,24-,25-,26?,27+,28-,29-,30-/m1/s1. The van der Waals surface area contributed by atoms with Gasteiger partial charge in [0.05, 0.1) is 33.0 Å². The third-order valence-electron chi connectivity index (χ3n) is 10.3. The van der Waals surface area contributed by atoms with Gasteiger partial charge in [-0.25, -0.2) is 0 Å². The predicted molar refractivity (Wildman–Crippen MR) is 167 cm³/mol. The third-order valence-corrected chi connectivity index (χ3v) is 10.3. The van der Waals surface area contributed by atoms with E-state index in [1.54, 1.807) is 0 Å². The maximum absolute atomic E-state index is 11.1. The van der Waals surface area contributed by atoms with Gasteiger partial charge in [-0.2, -0.15) is 0 Å². The molecule has 56 heavy (non-hydrogen) atoms. The van der Waals surface area contributed by atoms with Gasteiger partial charge < -0.3 is 129 Å². The second-order valence-electron chi connectivity index (χ2n) is 14.0. The molecule has 0 aromatic rings. The molecule has 0 aromatic carbocycles. The topological polar surface area (TPSA) is 427 Å². The van der Waals surface area contributed by atoms with E-state index in [9.17, 15) is 86.8 Å². The minimum Gasteiger partial charge on any atom is -0.394 e. The van der Waals surface area contributed by atoms with Gasteiger partial charge in [-0.3, -0.25) is 0 Å². The number of rotatable bonds is 13. The van der Waals surface area contributed by atoms with Crippen molar-refractivity contribution in [2.75, 3.05) is 33.0 Å². The summed E-state index contributed by atoms with van der Waals surface area (Å²) < 4.78 is 49.1. The number of hydrogen-bond acceptors (Lipinski definition) is 26. The van der Waals surface area contributed by atoms with E-state index in [1.807, 2.05) is 0 Å². The number of hydrogen-bond donors (Lipinski definition) is 17. The molecule has 0 bridgehead atoms. The van der Waals surface area contributed by atoms with Crippen molar-refractivity contribution in [1.29, 1.82) is 0 Å². The first-order valence-electron chi connectivity index (χ1n) is 17.6. The molecule has 26 nitrogen and oxygen atoms in total. The van der Waals surface area contributed by atoms with Gasteiger partial charge in [-0.1, -0.05) is 0 Å². The summed E-state index contributed by atoms with van der Waals surface area (Å²) in [7, 11) is 0. The van der Waals surface area contributed by atoms with Crippen LogP contribution in [0, 0.1) is 0 Å². The van der Waals surface area contributed by atoms with Gasteiger partial charge in [0.15, 0.2) is 31.5 Å². The van der Waals surface area contributed by atoms with Crippen molar-refractivity contribution < 1.29 is 129 Å². The second kappa shape index (κ2) is 19.6. The maximum atomic E-state index is 11.1. The van der Waals surface area contributed by atoms with E-state index in [-0.39, 0.29) is 0 Å². The molecular weight excluding hydrogens is 776 g/mol. The smallest absolute Gasteiger partial charge is 0.187 e. The van der Waals surface area contributed by atoms with Gasteiger partial charge in [0.25, 0.3) is 0 Å². The highest BCUT2D eigenvalue weighted by Gasteiger charge is 2.55. The summed E-state index contributed by atoms with van der Waals surface area (Å²) >= 11 is 0. The zero-order valence-corrected chi connectivity index (χ0v) is 29.2. The Hall–Kier alpha value is -1.04. The summed E-state index contributed by atoms with van der Waals surface area (Å²) in [6.07, 6.45) is -45.7. The Morgan fingerprint density at radius 3 is 1.04 bits per heavy atom. The highest BCUT2D eigenvalue weighted by molar-refractivity contribution is 4.98. The highest BCUT2D eigenvalue weighted by atomic mass is 16.8. The molecule has 0 saturated carbocycles. The van der Waals surface area contributed by atoms with Gasteiger partial charge in [0.2, 0.25) is 0 Å². The van der Waals surface area contributed by atoms with Crippen LogP contribution in [0.25, 0.3) is 0 Å². The monoisotopic (exact) mass is 828 g/mol. The van der Waals surface area contributed by atoms with Crippen molar-refractivity contribution >= 4 is 0 Å². The maximum Gasteiger partial charge on any atom is 0.187 e. The first-order chi connectivity index (χ1) is 26.5. The van der Waals surface area contributed by atoms with Gasteiger partial charge >= 0.3 is 0 Å². The fourth-order valence-electron chi connectivity index (χ4n) is 6.93. The van der Waals surface area contributed by atoms with E-state index in [2.05, 4.69) is 0 Å². The molecule has 17 N–H and O–H groups in total. The van der Waals surface area contributed by atoms with Gasteiger partial charge in [-0.05, 0) is 0 Å². The molecule has 0 radical (unpaired) electrons. The summed E-state index contributed by atoms with van der Waals surface area (Å²) in [4.78, 5) is 0. The molecule has 328 valence electrons. The predicted octanol–water partition coefficient (Wildman–Crippen LogP) is -11.9. The van der Waals surface area contributed by atoms with E-state index in [4.69, 9.17) is 42.6 Å². The quantitative estimate of drug-likeness (QED) is 0.0819. The van der Waals surface area contributed by atoms with Crippen molar-refractivity contribution in [1.82, 2.24) is 0 Å². The molecule has 0 spiro atoms. The fourth-order valence-corrected chi connectivity index (χ4v) is 6.93. The van der Waals surface area contributed by atoms with Crippen molar-refractivity contribution in [2.24, 2.45) is 0 Å². The molecule has 1 unspecified atom stereocenters. The summed E-state index contributed by atoms with van der Waals surface area (Å²) in [5, 5.41) is 175. The summed E-state index contributed by atoms with van der Waals surface area (Å²) in [6, 6.07) is 0. The molecule has 0 amide bonds. The Morgan fingerprint density at radius 1 is 0.304 bits per heavy atom. The van der Waals surface area contributed by atoms with Crippen LogP contribution in [0.4, 0.5) is 0 Å². The molecule has 5 aliphatic rings. The van der Waals surface area contributed by atoms with Crippen molar-refractivity contribution in [3.05, 3.63) is 0 Å². The Kier molecular flexibility index (Phi) is 16.1. The molecule has 5 fully saturated rings. The third kappa shape index (κ3) is 9.31. The zero-order valence-electron chi connectivity index (χ0n) is 29.2. The van der Waals surface area contributed by atoms with Crippen LogP contribution in [-0.2, 0) is 42.6 Å². The molecule has 5 heterocycles. The minimum atomic E-state index is -2.13. The number of aliphatic hydroxyl groups is 17. The minimum absolute atomic E-state index is 0.749. The number of ether oxygens (including phenoxy) is 9. The van der Waals surface area contributed by atoms with Crippen LogP contribution in [0.5, 0.6) is 0 Å². The van der Waals surface area contributed by atoms with Crippen molar-refractivity contribution in [3.63, 3.8) is 0 Å². The van der Waals surface area contributed by atoms with Crippen molar-refractivity contribution in [3.8, 4) is 0 Å². The lowest BCUT2D eigenvalue weighted by atomic mass is 9.95. The van der Waals surface area contributed by atoms with E-state index >= 15 is 0 Å². The lowest BCUT2D eigenvalue weighted by Crippen LogP contribution is -2.67. The van der Waals surface area contributed by atoms with Gasteiger partial charge in [0.1, 0.15) is 122 Å². The molecule has 5 aliphatic heterocycles. The SMILES string of the molecule is OC[C@H]1O[C@H](OC[C@H]2OC(O)[C@H](O)[C@@H](O)[C@@H]2O[C@H]2O[C@H](CO)[C@@H](O[C@H]3O[C@H](CO)[C@@H](O[C@H]4O[C@H](CO)[C@@H](O)[C@H](O)[C@H]4O)[C@H](O)[C@H]3O)[C@H](O)[C@H]2O)[C@H](O)[C@@H](O)[C@@H]1O. The molecule has 5 saturated heterocycles. The second-order valence-corrected chi connectivity index (χ2v) is 14.0. The summed E-state index contributed by atoms with van der Waals surface area (Å²) in [5.41, 5.74) is 0. The fraction of sp³-hybridized carbons (Fsp3) is 1.00. The first-order valence-corrected chi connectivity index (χ1v) is 17.6. The molecule has 0 aromatic heterocycles. The molecule has 26 heteroatoms. The normalized spacial score (nSPS) is 53.2. The van der Waals surface area contributed by atoms with Gasteiger partial charge in [0, 0.05) is 0 Å². The van der Waals surface area contributed by atoms with E-state index < -0.39 is 187 Å². The van der Waals surface area contributed by atoms with E-state index in [1.165, 1.54) is 0 Å². The molecule has 0 aliphatic carbocycles. The Morgan fingerprint density at radius 2 is 0.625 bits per heavy atom. The summed E-state index contributed by atoms with van der Waals surface area (Å²) in [5.74, 6) is 0. The van der Waals surface area contributed by atoms with Crippen LogP contribution in [-0.4, -0.2) is 273 Å². The van der Waals surface area contributed by atoms with Crippen LogP contribution in [0.2, 0.25) is 0 Å². The molecule has 25 atom stereocenters. The van der Waals surface area contributed by atoms with Crippen molar-refractivity contribution in [2.45, 2.75) is 154 Å². The zero-order chi connectivity index (χ0) is 41.3. The average molecular weight is 829 g/mol. The molecule has 5 rings (SSSR count). The lowest BCUT2D eigenvalue weighted by molar-refractivity contribution is -0.389. The largest absolute Gasteiger partial charge is 0.394 e. The number of aliphatic hydroxyl groups excluding tert-OH is 17. The van der Waals surface area contributed by atoms with Crippen LogP contribution in [0.3, 0.4) is 0 Å². The first kappa shape index (κ1) is 46.0. The van der Waals surface area contributed by atoms with Crippen LogP contribution in [0.15, 0.2) is 0 Å². The van der Waals surface area contributed by atoms with E-state index in [0.29, 0.717) is 0 Å². The summed E-state index contributed by atoms with van der Waals surface area (Å²) in [6.45, 7) is -4.27.